The number of ketones is 1. The smallest absolute Gasteiger partial charge is 0.235 e. The average Bonchev–Trinajstić information content (AvgIpc) is 2.61. The molecule has 0 N–H and O–H groups in total. The van der Waals surface area contributed by atoms with Gasteiger partial charge in [0.1, 0.15) is 0 Å². The van der Waals surface area contributed by atoms with Crippen LogP contribution in [0.1, 0.15) is 23.2 Å². The van der Waals surface area contributed by atoms with Gasteiger partial charge in [0, 0.05) is 11.8 Å². The van der Waals surface area contributed by atoms with Crippen molar-refractivity contribution >= 4 is 17.3 Å². The van der Waals surface area contributed by atoms with Crippen molar-refractivity contribution in [2.45, 2.75) is 12.8 Å². The summed E-state index contributed by atoms with van der Waals surface area (Å²) >= 11 is 1.23. The van der Waals surface area contributed by atoms with Gasteiger partial charge in [-0.3, -0.25) is 4.79 Å². The second kappa shape index (κ2) is 4.77. The number of methoxy groups -OCH3 is 1. The van der Waals surface area contributed by atoms with E-state index in [2.05, 4.69) is 11.0 Å². The lowest BCUT2D eigenvalue weighted by Gasteiger charge is -1.98. The molecule has 0 aliphatic rings. The molecule has 0 unspecified atom stereocenters. The predicted octanol–water partition coefficient (Wildman–Crippen LogP) is 2.30. The lowest BCUT2D eigenvalue weighted by atomic mass is 10.1. The summed E-state index contributed by atoms with van der Waals surface area (Å²) in [5.74, 6) is 0.490. The molecule has 0 fully saturated rings. The highest BCUT2D eigenvalue weighted by molar-refractivity contribution is 7.04. The maximum absolute atomic E-state index is 11.5. The summed E-state index contributed by atoms with van der Waals surface area (Å²) in [5, 5.41) is 1.71. The van der Waals surface area contributed by atoms with Crippen LogP contribution >= 0.6 is 11.5 Å². The number of allylic oxidation sites excluding steroid dienone is 1. The van der Waals surface area contributed by atoms with E-state index in [1.807, 2.05) is 0 Å². The van der Waals surface area contributed by atoms with E-state index in [0.29, 0.717) is 24.3 Å². The van der Waals surface area contributed by atoms with Gasteiger partial charge in [0.15, 0.2) is 5.78 Å². The predicted molar refractivity (Wildman–Crippen MR) is 52.4 cm³/mol. The zero-order valence-corrected chi connectivity index (χ0v) is 8.26. The minimum atomic E-state index is 0.0606. The molecular weight excluding hydrogens is 186 g/mol. The minimum absolute atomic E-state index is 0.0606. The summed E-state index contributed by atoms with van der Waals surface area (Å²) in [7, 11) is 1.51. The molecule has 1 rings (SSSR count). The van der Waals surface area contributed by atoms with Gasteiger partial charge in [-0.25, -0.2) is 0 Å². The molecule has 0 aromatic carbocycles. The average molecular weight is 197 g/mol. The highest BCUT2D eigenvalue weighted by Gasteiger charge is 2.13. The number of nitrogens with zero attached hydrogens (tertiary/aromatic N) is 1. The van der Waals surface area contributed by atoms with E-state index in [0.717, 1.165) is 0 Å². The zero-order chi connectivity index (χ0) is 9.68. The molecule has 0 aliphatic carbocycles. The maximum Gasteiger partial charge on any atom is 0.235 e. The molecule has 3 nitrogen and oxygen atoms in total. The van der Waals surface area contributed by atoms with Crippen LogP contribution in [0, 0.1) is 0 Å². The van der Waals surface area contributed by atoms with Crippen LogP contribution < -0.4 is 4.74 Å². The van der Waals surface area contributed by atoms with E-state index < -0.39 is 0 Å². The van der Waals surface area contributed by atoms with E-state index in [4.69, 9.17) is 4.74 Å². The van der Waals surface area contributed by atoms with Crippen molar-refractivity contribution in [2.75, 3.05) is 7.11 Å². The van der Waals surface area contributed by atoms with Gasteiger partial charge in [0.2, 0.25) is 5.88 Å². The standard InChI is InChI=1S/C9H11NO2S/c1-3-4-5-8(11)7-6-13-10-9(7)12-2/h3,6H,1,4-5H2,2H3. The number of rotatable bonds is 5. The fraction of sp³-hybridized carbons (Fsp3) is 0.333. The molecule has 1 aromatic heterocycles. The number of hydrogen-bond donors (Lipinski definition) is 0. The van der Waals surface area contributed by atoms with Crippen LogP contribution in [0.15, 0.2) is 18.0 Å². The normalized spacial score (nSPS) is 9.62. The van der Waals surface area contributed by atoms with E-state index in [1.54, 1.807) is 11.5 Å². The van der Waals surface area contributed by atoms with Crippen molar-refractivity contribution in [3.05, 3.63) is 23.6 Å². The molecular formula is C9H11NO2S. The SMILES string of the molecule is C=CCCC(=O)c1csnc1OC. The molecule has 13 heavy (non-hydrogen) atoms. The zero-order valence-electron chi connectivity index (χ0n) is 7.45. The quantitative estimate of drug-likeness (QED) is 0.537. The molecule has 4 heteroatoms. The van der Waals surface area contributed by atoms with Crippen LogP contribution in [0.4, 0.5) is 0 Å². The summed E-state index contributed by atoms with van der Waals surface area (Å²) in [6.07, 6.45) is 2.89. The van der Waals surface area contributed by atoms with E-state index in [9.17, 15) is 4.79 Å². The number of carbonyl (C=O) groups is 1. The first-order valence-electron chi connectivity index (χ1n) is 3.92. The molecule has 0 atom stereocenters. The second-order valence-corrected chi connectivity index (χ2v) is 3.12. The molecule has 0 amide bonds. The molecule has 0 saturated carbocycles. The Bertz CT molecular complexity index is 306. The van der Waals surface area contributed by atoms with Gasteiger partial charge in [-0.15, -0.1) is 6.58 Å². The van der Waals surface area contributed by atoms with Crippen LogP contribution in [0.3, 0.4) is 0 Å². The summed E-state index contributed by atoms with van der Waals surface area (Å²) in [5.41, 5.74) is 0.578. The van der Waals surface area contributed by atoms with Gasteiger partial charge in [-0.2, -0.15) is 4.37 Å². The first kappa shape index (κ1) is 9.92. The van der Waals surface area contributed by atoms with Crippen LogP contribution in [-0.2, 0) is 0 Å². The van der Waals surface area contributed by atoms with Crippen LogP contribution in [-0.4, -0.2) is 17.3 Å². The fourth-order valence-electron chi connectivity index (χ4n) is 0.927. The Morgan fingerprint density at radius 2 is 2.62 bits per heavy atom. The molecule has 0 spiro atoms. The number of Topliss-reactive ketones (excluding diaryl/α,β-unsaturated/α-hetero) is 1. The lowest BCUT2D eigenvalue weighted by molar-refractivity contribution is 0.0981. The molecule has 0 saturated heterocycles. The number of aromatic nitrogens is 1. The van der Waals surface area contributed by atoms with E-state index in [-0.39, 0.29) is 5.78 Å². The number of ether oxygens (including phenoxy) is 1. The number of hydrogen-bond acceptors (Lipinski definition) is 4. The van der Waals surface area contributed by atoms with Crippen molar-refractivity contribution in [1.29, 1.82) is 0 Å². The molecule has 0 radical (unpaired) electrons. The van der Waals surface area contributed by atoms with Gasteiger partial charge in [-0.05, 0) is 18.0 Å². The van der Waals surface area contributed by atoms with Crippen molar-refractivity contribution in [2.24, 2.45) is 0 Å². The van der Waals surface area contributed by atoms with Gasteiger partial charge >= 0.3 is 0 Å². The summed E-state index contributed by atoms with van der Waals surface area (Å²) in [6.45, 7) is 3.56. The van der Waals surface area contributed by atoms with Crippen LogP contribution in [0.5, 0.6) is 5.88 Å². The summed E-state index contributed by atoms with van der Waals surface area (Å²) < 4.78 is 8.88. The van der Waals surface area contributed by atoms with Crippen molar-refractivity contribution in [3.63, 3.8) is 0 Å². The Hall–Kier alpha value is -1.16. The molecule has 0 bridgehead atoms. The molecule has 1 aromatic rings. The highest BCUT2D eigenvalue weighted by atomic mass is 32.1. The third-order valence-electron chi connectivity index (χ3n) is 1.61. The Kier molecular flexibility index (Phi) is 3.64. The van der Waals surface area contributed by atoms with Crippen molar-refractivity contribution in [3.8, 4) is 5.88 Å². The Morgan fingerprint density at radius 1 is 1.85 bits per heavy atom. The van der Waals surface area contributed by atoms with Crippen molar-refractivity contribution in [1.82, 2.24) is 4.37 Å². The summed E-state index contributed by atoms with van der Waals surface area (Å²) in [4.78, 5) is 11.5. The monoisotopic (exact) mass is 197 g/mol. The Balaban J connectivity index is 2.70. The van der Waals surface area contributed by atoms with Gasteiger partial charge in [0.05, 0.1) is 12.7 Å². The van der Waals surface area contributed by atoms with Gasteiger partial charge in [0.25, 0.3) is 0 Å². The first-order valence-corrected chi connectivity index (χ1v) is 4.75. The second-order valence-electron chi connectivity index (χ2n) is 2.49. The fourth-order valence-corrected chi connectivity index (χ4v) is 1.59. The van der Waals surface area contributed by atoms with Gasteiger partial charge < -0.3 is 4.74 Å². The third kappa shape index (κ3) is 2.39. The molecule has 0 aliphatic heterocycles. The Morgan fingerprint density at radius 3 is 3.23 bits per heavy atom. The summed E-state index contributed by atoms with van der Waals surface area (Å²) in [6, 6.07) is 0. The topological polar surface area (TPSA) is 39.2 Å². The largest absolute Gasteiger partial charge is 0.480 e. The minimum Gasteiger partial charge on any atom is -0.480 e. The Labute approximate surface area is 81.2 Å². The van der Waals surface area contributed by atoms with Gasteiger partial charge in [-0.1, -0.05) is 6.08 Å². The highest BCUT2D eigenvalue weighted by Crippen LogP contribution is 2.20. The molecule has 1 heterocycles. The number of carbonyl (C=O) groups excluding carboxylic acids is 1. The third-order valence-corrected chi connectivity index (χ3v) is 2.22. The van der Waals surface area contributed by atoms with E-state index in [1.165, 1.54) is 18.6 Å². The van der Waals surface area contributed by atoms with Crippen molar-refractivity contribution < 1.29 is 9.53 Å². The maximum atomic E-state index is 11.5. The lowest BCUT2D eigenvalue weighted by Crippen LogP contribution is -1.99. The first-order chi connectivity index (χ1) is 6.29. The molecule has 70 valence electrons. The van der Waals surface area contributed by atoms with Crippen LogP contribution in [0.2, 0.25) is 0 Å². The van der Waals surface area contributed by atoms with Crippen LogP contribution in [0.25, 0.3) is 0 Å². The van der Waals surface area contributed by atoms with E-state index >= 15 is 0 Å².